The fourth-order valence-electron chi connectivity index (χ4n) is 2.63. The molecule has 1 aliphatic heterocycles. The van der Waals surface area contributed by atoms with Crippen LogP contribution in [-0.2, 0) is 4.74 Å². The lowest BCUT2D eigenvalue weighted by molar-refractivity contribution is -0.0503. The fraction of sp³-hybridized carbons (Fsp3) is 0.385. The van der Waals surface area contributed by atoms with Crippen molar-refractivity contribution in [3.63, 3.8) is 0 Å². The van der Waals surface area contributed by atoms with Crippen LogP contribution in [0.4, 0.5) is 14.7 Å². The molecule has 1 saturated heterocycles. The van der Waals surface area contributed by atoms with Gasteiger partial charge in [0.2, 0.25) is 11.6 Å². The summed E-state index contributed by atoms with van der Waals surface area (Å²) in [6, 6.07) is 0. The number of rotatable bonds is 2. The number of fused-ring (bicyclic) bond motifs is 1. The first-order valence-corrected chi connectivity index (χ1v) is 6.50. The van der Waals surface area contributed by atoms with Crippen LogP contribution in [0.5, 0.6) is 0 Å². The van der Waals surface area contributed by atoms with E-state index in [0.29, 0.717) is 0 Å². The number of H-pyrrole nitrogens is 1. The number of hydrogen-bond donors (Lipinski definition) is 4. The molecule has 3 heterocycles. The molecule has 0 bridgehead atoms. The van der Waals surface area contributed by atoms with Gasteiger partial charge in [-0.25, -0.2) is 8.78 Å². The van der Waals surface area contributed by atoms with Gasteiger partial charge in [0.05, 0.1) is 6.61 Å². The molecule has 0 amide bonds. The monoisotopic (exact) mass is 326 g/mol. The minimum atomic E-state index is -2.76. The molecule has 0 spiro atoms. The van der Waals surface area contributed by atoms with Crippen molar-refractivity contribution in [1.29, 1.82) is 0 Å². The van der Waals surface area contributed by atoms with Crippen molar-refractivity contribution in [3.8, 4) is 12.3 Å². The van der Waals surface area contributed by atoms with Crippen molar-refractivity contribution in [3.05, 3.63) is 22.4 Å². The largest absolute Gasteiger partial charge is 0.394 e. The second-order valence-electron chi connectivity index (χ2n) is 5.10. The van der Waals surface area contributed by atoms with Gasteiger partial charge in [0.1, 0.15) is 17.6 Å². The van der Waals surface area contributed by atoms with E-state index in [2.05, 4.69) is 9.97 Å². The zero-order chi connectivity index (χ0) is 16.9. The van der Waals surface area contributed by atoms with Gasteiger partial charge in [-0.15, -0.1) is 6.42 Å². The molecule has 1 aliphatic rings. The lowest BCUT2D eigenvalue weighted by atomic mass is 9.97. The molecule has 0 radical (unpaired) electrons. The summed E-state index contributed by atoms with van der Waals surface area (Å²) in [6.45, 7) is -0.706. The maximum absolute atomic E-state index is 15.0. The van der Waals surface area contributed by atoms with Crippen LogP contribution in [0.1, 0.15) is 6.23 Å². The third-order valence-electron chi connectivity index (χ3n) is 3.75. The van der Waals surface area contributed by atoms with Crippen molar-refractivity contribution in [2.24, 2.45) is 0 Å². The van der Waals surface area contributed by atoms with Gasteiger partial charge in [0, 0.05) is 6.20 Å². The van der Waals surface area contributed by atoms with Crippen LogP contribution < -0.4 is 11.3 Å². The molecule has 23 heavy (non-hydrogen) atoms. The fourth-order valence-corrected chi connectivity index (χ4v) is 2.63. The number of hydrogen-bond acceptors (Lipinski definition) is 6. The lowest BCUT2D eigenvalue weighted by Gasteiger charge is -2.23. The second kappa shape index (κ2) is 5.02. The van der Waals surface area contributed by atoms with Gasteiger partial charge in [-0.1, -0.05) is 5.92 Å². The Morgan fingerprint density at radius 2 is 2.35 bits per heavy atom. The molecule has 0 aliphatic carbocycles. The van der Waals surface area contributed by atoms with Crippen LogP contribution in [-0.4, -0.2) is 49.2 Å². The number of aromatic nitrogens is 3. The van der Waals surface area contributed by atoms with Crippen LogP contribution in [0, 0.1) is 18.2 Å². The number of terminal acetylenes is 1. The Balaban J connectivity index is 2.25. The second-order valence-corrected chi connectivity index (χ2v) is 5.10. The summed E-state index contributed by atoms with van der Waals surface area (Å²) >= 11 is 0. The summed E-state index contributed by atoms with van der Waals surface area (Å²) in [5, 5.41) is 18.6. The Morgan fingerprint density at radius 3 is 2.96 bits per heavy atom. The predicted octanol–water partition coefficient (Wildman–Crippen LogP) is -0.962. The third-order valence-corrected chi connectivity index (χ3v) is 3.75. The first kappa shape index (κ1) is 15.4. The summed E-state index contributed by atoms with van der Waals surface area (Å²) < 4.78 is 35.0. The number of aliphatic hydroxyl groups excluding tert-OH is 2. The van der Waals surface area contributed by atoms with Crippen molar-refractivity contribution >= 4 is 17.0 Å². The predicted molar refractivity (Wildman–Crippen MR) is 74.4 cm³/mol. The number of nitrogens with one attached hydrogen (secondary N) is 1. The first-order valence-electron chi connectivity index (χ1n) is 6.50. The number of alkyl halides is 1. The van der Waals surface area contributed by atoms with Gasteiger partial charge in [-0.2, -0.15) is 4.98 Å². The van der Waals surface area contributed by atoms with E-state index in [1.807, 2.05) is 0 Å². The number of nitrogens with two attached hydrogens (primary N) is 1. The molecule has 8 nitrogen and oxygen atoms in total. The highest BCUT2D eigenvalue weighted by atomic mass is 19.1. The lowest BCUT2D eigenvalue weighted by Crippen LogP contribution is -2.42. The van der Waals surface area contributed by atoms with Crippen LogP contribution in [0.2, 0.25) is 0 Å². The maximum atomic E-state index is 15.0. The molecule has 10 heteroatoms. The van der Waals surface area contributed by atoms with Crippen molar-refractivity contribution in [2.75, 3.05) is 12.3 Å². The van der Waals surface area contributed by atoms with Gasteiger partial charge in [-0.3, -0.25) is 14.3 Å². The van der Waals surface area contributed by atoms with Gasteiger partial charge in [0.15, 0.2) is 17.7 Å². The van der Waals surface area contributed by atoms with E-state index in [9.17, 15) is 18.7 Å². The van der Waals surface area contributed by atoms with E-state index in [1.54, 1.807) is 5.92 Å². The highest BCUT2D eigenvalue weighted by Gasteiger charge is 2.57. The van der Waals surface area contributed by atoms with E-state index in [0.717, 1.165) is 10.8 Å². The van der Waals surface area contributed by atoms with E-state index in [-0.39, 0.29) is 11.6 Å². The van der Waals surface area contributed by atoms with Crippen molar-refractivity contribution in [1.82, 2.24) is 14.5 Å². The van der Waals surface area contributed by atoms with Crippen LogP contribution in [0.15, 0.2) is 11.0 Å². The minimum Gasteiger partial charge on any atom is -0.394 e. The molecular weight excluding hydrogens is 314 g/mol. The SMILES string of the molecule is C#CC1(F)C(O)C(CO)OC1n1cc(F)c2c(=O)[nH]c(N)nc21. The minimum absolute atomic E-state index is 0.295. The highest BCUT2D eigenvalue weighted by Crippen LogP contribution is 2.42. The molecule has 0 saturated carbocycles. The van der Waals surface area contributed by atoms with Crippen molar-refractivity contribution < 1.29 is 23.7 Å². The number of nitrogen functional groups attached to an aromatic ring is 1. The number of ether oxygens (including phenoxy) is 1. The molecule has 3 rings (SSSR count). The average Bonchev–Trinajstić information content (AvgIpc) is 2.95. The molecule has 1 fully saturated rings. The van der Waals surface area contributed by atoms with E-state index >= 15 is 0 Å². The van der Waals surface area contributed by atoms with Gasteiger partial charge in [-0.05, 0) is 0 Å². The molecule has 4 unspecified atom stereocenters. The number of aliphatic hydroxyl groups is 2. The maximum Gasteiger partial charge on any atom is 0.264 e. The summed E-state index contributed by atoms with van der Waals surface area (Å²) in [5.41, 5.74) is 1.51. The summed E-state index contributed by atoms with van der Waals surface area (Å²) in [6.07, 6.45) is 1.06. The zero-order valence-corrected chi connectivity index (χ0v) is 11.5. The quantitative estimate of drug-likeness (QED) is 0.527. The molecule has 122 valence electrons. The summed E-state index contributed by atoms with van der Waals surface area (Å²) in [7, 11) is 0. The van der Waals surface area contributed by atoms with Gasteiger partial charge >= 0.3 is 0 Å². The number of nitrogens with zero attached hydrogens (tertiary/aromatic N) is 2. The van der Waals surface area contributed by atoms with Crippen molar-refractivity contribution in [2.45, 2.75) is 24.1 Å². The zero-order valence-electron chi connectivity index (χ0n) is 11.5. The molecule has 5 N–H and O–H groups in total. The van der Waals surface area contributed by atoms with Gasteiger partial charge in [0.25, 0.3) is 5.56 Å². The molecular formula is C13H12F2N4O4. The normalized spacial score (nSPS) is 30.7. The van der Waals surface area contributed by atoms with Crippen LogP contribution >= 0.6 is 0 Å². The third kappa shape index (κ3) is 2.02. The Labute approximate surface area is 127 Å². The summed E-state index contributed by atoms with van der Waals surface area (Å²) in [5.74, 6) is 0.462. The first-order chi connectivity index (χ1) is 10.8. The van der Waals surface area contributed by atoms with Crippen LogP contribution in [0.25, 0.3) is 11.0 Å². The van der Waals surface area contributed by atoms with Crippen LogP contribution in [0.3, 0.4) is 0 Å². The Kier molecular flexibility index (Phi) is 3.36. The Hall–Kier alpha value is -2.48. The number of aromatic amines is 1. The summed E-state index contributed by atoms with van der Waals surface area (Å²) in [4.78, 5) is 17.6. The van der Waals surface area contributed by atoms with E-state index in [4.69, 9.17) is 22.0 Å². The highest BCUT2D eigenvalue weighted by molar-refractivity contribution is 5.77. The smallest absolute Gasteiger partial charge is 0.264 e. The van der Waals surface area contributed by atoms with Gasteiger partial charge < -0.3 is 20.7 Å². The standard InChI is InChI=1S/C13H12F2N4O4/c1-2-13(15)8(21)6(4-20)23-11(13)19-3-5(14)7-9(19)17-12(16)18-10(7)22/h1,3,6,8,11,20-21H,4H2,(H3,16,17,18,22). The molecule has 0 aromatic carbocycles. The Bertz CT molecular complexity index is 873. The van der Waals surface area contributed by atoms with E-state index in [1.165, 1.54) is 0 Å². The van der Waals surface area contributed by atoms with E-state index < -0.39 is 47.5 Å². The Morgan fingerprint density at radius 1 is 1.65 bits per heavy atom. The molecule has 4 atom stereocenters. The number of halogens is 2. The number of anilines is 1. The topological polar surface area (TPSA) is 126 Å². The molecule has 2 aromatic rings. The molecule has 2 aromatic heterocycles. The average molecular weight is 326 g/mol.